The second kappa shape index (κ2) is 12.3. The lowest BCUT2D eigenvalue weighted by atomic mass is 9.68. The Morgan fingerprint density at radius 2 is 1.66 bits per heavy atom. The summed E-state index contributed by atoms with van der Waals surface area (Å²) in [5.41, 5.74) is 1.24. The average Bonchev–Trinajstić information content (AvgIpc) is 3.25. The van der Waals surface area contributed by atoms with Crippen LogP contribution in [0.1, 0.15) is 41.6 Å². The van der Waals surface area contributed by atoms with Gasteiger partial charge in [-0.3, -0.25) is 9.59 Å². The quantitative estimate of drug-likeness (QED) is 0.384. The molecule has 218 valence electrons. The van der Waals surface area contributed by atoms with Gasteiger partial charge in [0.15, 0.2) is 0 Å². The minimum Gasteiger partial charge on any atom is -0.475 e. The SMILES string of the molecule is C[C@@H](CN1CCC2(CC1)C(=O)NC[C@H]2c1ccc(F)cc1)NC(=O)c1ccc2ccccc2c1.O=C(O)C(F)(F)F. The van der Waals surface area contributed by atoms with Gasteiger partial charge in [0.2, 0.25) is 5.91 Å². The van der Waals surface area contributed by atoms with Gasteiger partial charge in [-0.25, -0.2) is 9.18 Å². The molecule has 41 heavy (non-hydrogen) atoms. The second-order valence-electron chi connectivity index (χ2n) is 10.5. The van der Waals surface area contributed by atoms with Crippen LogP contribution < -0.4 is 10.6 Å². The monoisotopic (exact) mass is 573 g/mol. The van der Waals surface area contributed by atoms with Crippen LogP contribution in [0.2, 0.25) is 0 Å². The summed E-state index contributed by atoms with van der Waals surface area (Å²) in [6.07, 6.45) is -3.57. The molecular formula is C30H31F4N3O4. The highest BCUT2D eigenvalue weighted by molar-refractivity contribution is 5.98. The topological polar surface area (TPSA) is 98.7 Å². The van der Waals surface area contributed by atoms with E-state index in [9.17, 15) is 27.2 Å². The van der Waals surface area contributed by atoms with Crippen LogP contribution in [0.25, 0.3) is 10.8 Å². The van der Waals surface area contributed by atoms with Crippen molar-refractivity contribution in [3.05, 3.63) is 83.7 Å². The molecule has 2 atom stereocenters. The van der Waals surface area contributed by atoms with Crippen LogP contribution in [0.4, 0.5) is 17.6 Å². The Balaban J connectivity index is 0.000000493. The fourth-order valence-electron chi connectivity index (χ4n) is 5.64. The van der Waals surface area contributed by atoms with E-state index >= 15 is 0 Å². The molecule has 0 radical (unpaired) electrons. The molecule has 1 spiro atoms. The summed E-state index contributed by atoms with van der Waals surface area (Å²) < 4.78 is 45.1. The minimum absolute atomic E-state index is 0.0154. The molecule has 5 rings (SSSR count). The first-order chi connectivity index (χ1) is 19.4. The van der Waals surface area contributed by atoms with E-state index in [0.29, 0.717) is 12.1 Å². The van der Waals surface area contributed by atoms with E-state index in [4.69, 9.17) is 9.90 Å². The summed E-state index contributed by atoms with van der Waals surface area (Å²) >= 11 is 0. The number of nitrogens with zero attached hydrogens (tertiary/aromatic N) is 1. The number of halogens is 4. The summed E-state index contributed by atoms with van der Waals surface area (Å²) in [7, 11) is 0. The zero-order valence-corrected chi connectivity index (χ0v) is 22.4. The van der Waals surface area contributed by atoms with Gasteiger partial charge >= 0.3 is 12.1 Å². The number of hydrogen-bond donors (Lipinski definition) is 3. The first kappa shape index (κ1) is 30.0. The average molecular weight is 574 g/mol. The Bertz CT molecular complexity index is 1400. The number of carbonyl (C=O) groups is 3. The highest BCUT2D eigenvalue weighted by atomic mass is 19.4. The van der Waals surface area contributed by atoms with E-state index in [0.717, 1.165) is 48.8 Å². The maximum Gasteiger partial charge on any atom is 0.490 e. The number of carbonyl (C=O) groups excluding carboxylic acids is 2. The van der Waals surface area contributed by atoms with Crippen LogP contribution in [-0.2, 0) is 9.59 Å². The van der Waals surface area contributed by atoms with E-state index in [1.54, 1.807) is 12.1 Å². The Morgan fingerprint density at radius 3 is 2.27 bits per heavy atom. The number of fused-ring (bicyclic) bond motifs is 1. The molecule has 3 N–H and O–H groups in total. The molecule has 2 saturated heterocycles. The predicted molar refractivity (Wildman–Crippen MR) is 145 cm³/mol. The number of rotatable bonds is 5. The molecule has 11 heteroatoms. The van der Waals surface area contributed by atoms with Crippen LogP contribution in [0.5, 0.6) is 0 Å². The predicted octanol–water partition coefficient (Wildman–Crippen LogP) is 4.73. The lowest BCUT2D eigenvalue weighted by molar-refractivity contribution is -0.192. The molecule has 0 bridgehead atoms. The summed E-state index contributed by atoms with van der Waals surface area (Å²) in [4.78, 5) is 36.9. The molecule has 2 heterocycles. The van der Waals surface area contributed by atoms with Crippen molar-refractivity contribution in [3.63, 3.8) is 0 Å². The fraction of sp³-hybridized carbons (Fsp3) is 0.367. The molecule has 0 saturated carbocycles. The third-order valence-corrected chi connectivity index (χ3v) is 7.77. The summed E-state index contributed by atoms with van der Waals surface area (Å²) in [5.74, 6) is -2.91. The van der Waals surface area contributed by atoms with Gasteiger partial charge in [-0.05, 0) is 73.5 Å². The number of carboxylic acid groups (broad SMARTS) is 1. The number of hydrogen-bond acceptors (Lipinski definition) is 4. The molecule has 2 fully saturated rings. The fourth-order valence-corrected chi connectivity index (χ4v) is 5.64. The lowest BCUT2D eigenvalue weighted by Gasteiger charge is -2.41. The first-order valence-electron chi connectivity index (χ1n) is 13.2. The largest absolute Gasteiger partial charge is 0.490 e. The molecule has 0 aliphatic carbocycles. The van der Waals surface area contributed by atoms with Crippen molar-refractivity contribution in [2.75, 3.05) is 26.2 Å². The number of likely N-dealkylation sites (tertiary alicyclic amines) is 1. The minimum atomic E-state index is -5.08. The van der Waals surface area contributed by atoms with Crippen molar-refractivity contribution < 1.29 is 37.1 Å². The maximum atomic E-state index is 13.4. The third-order valence-electron chi connectivity index (χ3n) is 7.77. The molecule has 0 unspecified atom stereocenters. The van der Waals surface area contributed by atoms with E-state index in [-0.39, 0.29) is 29.6 Å². The van der Waals surface area contributed by atoms with E-state index in [2.05, 4.69) is 15.5 Å². The molecule has 0 aromatic heterocycles. The van der Waals surface area contributed by atoms with Gasteiger partial charge in [-0.2, -0.15) is 13.2 Å². The van der Waals surface area contributed by atoms with Crippen molar-refractivity contribution in [2.45, 2.75) is 37.9 Å². The molecule has 3 aromatic rings. The number of aliphatic carboxylic acids is 1. The van der Waals surface area contributed by atoms with Gasteiger partial charge in [0.1, 0.15) is 5.82 Å². The van der Waals surface area contributed by atoms with Crippen LogP contribution in [0.15, 0.2) is 66.7 Å². The molecule has 2 amide bonds. The number of benzene rings is 3. The van der Waals surface area contributed by atoms with Crippen molar-refractivity contribution >= 4 is 28.6 Å². The number of nitrogens with one attached hydrogen (secondary N) is 2. The van der Waals surface area contributed by atoms with Crippen LogP contribution in [0.3, 0.4) is 0 Å². The molecule has 2 aliphatic heterocycles. The van der Waals surface area contributed by atoms with Gasteiger partial charge in [-0.1, -0.05) is 42.5 Å². The maximum absolute atomic E-state index is 13.4. The van der Waals surface area contributed by atoms with Crippen molar-refractivity contribution in [2.24, 2.45) is 5.41 Å². The molecule has 2 aliphatic rings. The normalized spacial score (nSPS) is 19.2. The third kappa shape index (κ3) is 7.02. The second-order valence-corrected chi connectivity index (χ2v) is 10.5. The highest BCUT2D eigenvalue weighted by Crippen LogP contribution is 2.47. The van der Waals surface area contributed by atoms with Crippen LogP contribution in [-0.4, -0.2) is 66.2 Å². The van der Waals surface area contributed by atoms with E-state index < -0.39 is 17.6 Å². The molecule has 7 nitrogen and oxygen atoms in total. The van der Waals surface area contributed by atoms with Gasteiger partial charge in [0.05, 0.1) is 5.41 Å². The van der Waals surface area contributed by atoms with Crippen molar-refractivity contribution in [1.29, 1.82) is 0 Å². The Hall–Kier alpha value is -3.99. The highest BCUT2D eigenvalue weighted by Gasteiger charge is 2.52. The van der Waals surface area contributed by atoms with Gasteiger partial charge in [0.25, 0.3) is 5.91 Å². The zero-order valence-electron chi connectivity index (χ0n) is 22.4. The first-order valence-corrected chi connectivity index (χ1v) is 13.2. The number of piperidine rings is 1. The Morgan fingerprint density at radius 1 is 1.05 bits per heavy atom. The standard InChI is InChI=1S/C28H30FN3O2.C2HF3O2/c1-19(31-26(33)23-7-6-20-4-2-3-5-22(20)16-23)18-32-14-12-28(13-15-32)25(17-30-27(28)34)21-8-10-24(29)11-9-21;3-2(4,5)1(6)7/h2-11,16,19,25H,12-15,17-18H2,1H3,(H,30,34)(H,31,33);(H,6,7)/t19-,25-;/m0./s1. The smallest absolute Gasteiger partial charge is 0.475 e. The number of amides is 2. The van der Waals surface area contributed by atoms with Crippen LogP contribution in [0, 0.1) is 11.2 Å². The van der Waals surface area contributed by atoms with Gasteiger partial charge < -0.3 is 20.6 Å². The summed E-state index contributed by atoms with van der Waals surface area (Å²) in [5, 5.41) is 15.5. The lowest BCUT2D eigenvalue weighted by Crippen LogP contribution is -2.49. The Labute approximate surface area is 234 Å². The Kier molecular flexibility index (Phi) is 8.96. The zero-order chi connectivity index (χ0) is 29.8. The summed E-state index contributed by atoms with van der Waals surface area (Å²) in [6, 6.07) is 20.3. The van der Waals surface area contributed by atoms with Crippen LogP contribution >= 0.6 is 0 Å². The van der Waals surface area contributed by atoms with E-state index in [1.165, 1.54) is 12.1 Å². The number of alkyl halides is 3. The van der Waals surface area contributed by atoms with Crippen molar-refractivity contribution in [1.82, 2.24) is 15.5 Å². The molecular weight excluding hydrogens is 542 g/mol. The van der Waals surface area contributed by atoms with Gasteiger partial charge in [0, 0.05) is 30.6 Å². The molecule has 3 aromatic carbocycles. The van der Waals surface area contributed by atoms with Gasteiger partial charge in [-0.15, -0.1) is 0 Å². The van der Waals surface area contributed by atoms with Crippen molar-refractivity contribution in [3.8, 4) is 0 Å². The number of carboxylic acids is 1. The van der Waals surface area contributed by atoms with E-state index in [1.807, 2.05) is 49.4 Å². The summed E-state index contributed by atoms with van der Waals surface area (Å²) in [6.45, 7) is 4.94.